The molecule has 1 aliphatic heterocycles. The van der Waals surface area contributed by atoms with E-state index in [4.69, 9.17) is 9.73 Å². The summed E-state index contributed by atoms with van der Waals surface area (Å²) in [6.07, 6.45) is 5.01. The predicted molar refractivity (Wildman–Crippen MR) is 129 cm³/mol. The van der Waals surface area contributed by atoms with Gasteiger partial charge in [0.05, 0.1) is 13.7 Å². The van der Waals surface area contributed by atoms with E-state index in [1.807, 2.05) is 19.3 Å². The van der Waals surface area contributed by atoms with Crippen LogP contribution >= 0.6 is 0 Å². The lowest BCUT2D eigenvalue weighted by molar-refractivity contribution is 0.414. The summed E-state index contributed by atoms with van der Waals surface area (Å²) < 4.78 is 7.46. The van der Waals surface area contributed by atoms with Crippen molar-refractivity contribution in [2.75, 3.05) is 26.7 Å². The number of guanidine groups is 1. The Balaban J connectivity index is 1.42. The minimum Gasteiger partial charge on any atom is -0.497 e. The van der Waals surface area contributed by atoms with E-state index in [1.54, 1.807) is 7.11 Å². The second-order valence-corrected chi connectivity index (χ2v) is 8.30. The van der Waals surface area contributed by atoms with Gasteiger partial charge in [0.2, 0.25) is 0 Å². The highest BCUT2D eigenvalue weighted by molar-refractivity contribution is 5.80. The molecule has 3 aromatic rings. The molecule has 0 radical (unpaired) electrons. The number of hydrogen-bond acceptors (Lipinski definition) is 3. The van der Waals surface area contributed by atoms with Crippen molar-refractivity contribution in [3.05, 3.63) is 83.4 Å². The zero-order valence-electron chi connectivity index (χ0n) is 19.3. The first-order chi connectivity index (χ1) is 15.7. The lowest BCUT2D eigenvalue weighted by Crippen LogP contribution is -2.40. The van der Waals surface area contributed by atoms with Gasteiger partial charge in [0, 0.05) is 44.5 Å². The molecule has 4 rings (SSSR count). The van der Waals surface area contributed by atoms with Gasteiger partial charge in [-0.15, -0.1) is 0 Å². The quantitative estimate of drug-likeness (QED) is 0.450. The molecule has 0 saturated carbocycles. The van der Waals surface area contributed by atoms with Crippen LogP contribution in [0.5, 0.6) is 5.75 Å². The van der Waals surface area contributed by atoms with Crippen LogP contribution in [0.1, 0.15) is 41.8 Å². The number of aromatic nitrogens is 2. The van der Waals surface area contributed by atoms with Crippen molar-refractivity contribution in [3.63, 3.8) is 0 Å². The summed E-state index contributed by atoms with van der Waals surface area (Å²) in [5.74, 6) is 3.46. The van der Waals surface area contributed by atoms with E-state index in [1.165, 1.54) is 16.7 Å². The standard InChI is InChI=1S/C26H33N5O/c1-4-27-26(31-14-12-24(19-31)23-8-10-25(32-3)11-9-23)29-17-21-6-5-7-22(16-21)18-30-15-13-28-20(30)2/h5-11,13,15-16,24H,4,12,14,17-19H2,1-3H3,(H,27,29). The highest BCUT2D eigenvalue weighted by Crippen LogP contribution is 2.28. The summed E-state index contributed by atoms with van der Waals surface area (Å²) in [6.45, 7) is 8.53. The molecule has 1 aromatic heterocycles. The van der Waals surface area contributed by atoms with E-state index in [9.17, 15) is 0 Å². The van der Waals surface area contributed by atoms with Crippen LogP contribution in [0.2, 0.25) is 0 Å². The maximum atomic E-state index is 5.30. The number of methoxy groups -OCH3 is 1. The molecule has 1 N–H and O–H groups in total. The Morgan fingerprint density at radius 1 is 1.19 bits per heavy atom. The van der Waals surface area contributed by atoms with Gasteiger partial charge in [0.15, 0.2) is 5.96 Å². The number of benzene rings is 2. The summed E-state index contributed by atoms with van der Waals surface area (Å²) >= 11 is 0. The molecule has 0 aliphatic carbocycles. The van der Waals surface area contributed by atoms with Gasteiger partial charge in [-0.05, 0) is 49.1 Å². The zero-order chi connectivity index (χ0) is 22.3. The van der Waals surface area contributed by atoms with Crippen LogP contribution in [-0.4, -0.2) is 47.2 Å². The summed E-state index contributed by atoms with van der Waals surface area (Å²) in [6, 6.07) is 17.2. The molecule has 0 bridgehead atoms. The van der Waals surface area contributed by atoms with Gasteiger partial charge in [0.25, 0.3) is 0 Å². The Morgan fingerprint density at radius 3 is 2.72 bits per heavy atom. The second kappa shape index (κ2) is 10.4. The molecule has 6 nitrogen and oxygen atoms in total. The fourth-order valence-corrected chi connectivity index (χ4v) is 4.29. The van der Waals surface area contributed by atoms with Gasteiger partial charge >= 0.3 is 0 Å². The van der Waals surface area contributed by atoms with Gasteiger partial charge in [-0.1, -0.05) is 36.4 Å². The molecule has 32 heavy (non-hydrogen) atoms. The third kappa shape index (κ3) is 5.31. The van der Waals surface area contributed by atoms with E-state index in [0.717, 1.165) is 50.1 Å². The monoisotopic (exact) mass is 431 g/mol. The molecule has 1 saturated heterocycles. The van der Waals surface area contributed by atoms with Crippen molar-refractivity contribution in [3.8, 4) is 5.75 Å². The Hall–Kier alpha value is -3.28. The van der Waals surface area contributed by atoms with Crippen LogP contribution in [0.25, 0.3) is 0 Å². The average Bonchev–Trinajstić information content (AvgIpc) is 3.47. The fourth-order valence-electron chi connectivity index (χ4n) is 4.29. The van der Waals surface area contributed by atoms with Crippen molar-refractivity contribution < 1.29 is 4.74 Å². The number of nitrogens with one attached hydrogen (secondary N) is 1. The van der Waals surface area contributed by atoms with Gasteiger partial charge in [-0.25, -0.2) is 9.98 Å². The molecule has 6 heteroatoms. The number of aryl methyl sites for hydroxylation is 1. The number of hydrogen-bond donors (Lipinski definition) is 1. The summed E-state index contributed by atoms with van der Waals surface area (Å²) in [4.78, 5) is 11.7. The first-order valence-corrected chi connectivity index (χ1v) is 11.4. The largest absolute Gasteiger partial charge is 0.497 e. The van der Waals surface area contributed by atoms with Crippen LogP contribution < -0.4 is 10.1 Å². The number of rotatable bonds is 7. The molecule has 0 spiro atoms. The Bertz CT molecular complexity index is 1040. The number of imidazole rings is 1. The van der Waals surface area contributed by atoms with Crippen molar-refractivity contribution in [2.24, 2.45) is 4.99 Å². The number of nitrogens with zero attached hydrogens (tertiary/aromatic N) is 4. The van der Waals surface area contributed by atoms with Gasteiger partial charge in [-0.3, -0.25) is 0 Å². The normalized spacial score (nSPS) is 16.4. The molecule has 0 amide bonds. The van der Waals surface area contributed by atoms with Crippen molar-refractivity contribution in [1.82, 2.24) is 19.8 Å². The number of aliphatic imine (C=N–C) groups is 1. The number of ether oxygens (including phenoxy) is 1. The van der Waals surface area contributed by atoms with E-state index < -0.39 is 0 Å². The lowest BCUT2D eigenvalue weighted by Gasteiger charge is -2.22. The molecule has 1 fully saturated rings. The van der Waals surface area contributed by atoms with Crippen molar-refractivity contribution in [2.45, 2.75) is 39.3 Å². The smallest absolute Gasteiger partial charge is 0.194 e. The maximum absolute atomic E-state index is 5.30. The third-order valence-corrected chi connectivity index (χ3v) is 6.09. The maximum Gasteiger partial charge on any atom is 0.194 e. The van der Waals surface area contributed by atoms with E-state index >= 15 is 0 Å². The Morgan fingerprint density at radius 2 is 2.00 bits per heavy atom. The highest BCUT2D eigenvalue weighted by Gasteiger charge is 2.26. The predicted octanol–water partition coefficient (Wildman–Crippen LogP) is 4.20. The summed E-state index contributed by atoms with van der Waals surface area (Å²) in [5, 5.41) is 3.49. The molecule has 2 heterocycles. The van der Waals surface area contributed by atoms with Crippen molar-refractivity contribution in [1.29, 1.82) is 0 Å². The minimum absolute atomic E-state index is 0.520. The lowest BCUT2D eigenvalue weighted by atomic mass is 9.98. The van der Waals surface area contributed by atoms with Crippen LogP contribution in [0.4, 0.5) is 0 Å². The molecular formula is C26H33N5O. The highest BCUT2D eigenvalue weighted by atomic mass is 16.5. The Labute approximate surface area is 191 Å². The topological polar surface area (TPSA) is 54.7 Å². The molecule has 2 aromatic carbocycles. The summed E-state index contributed by atoms with van der Waals surface area (Å²) in [5.41, 5.74) is 3.86. The van der Waals surface area contributed by atoms with Gasteiger partial charge in [-0.2, -0.15) is 0 Å². The minimum atomic E-state index is 0.520. The average molecular weight is 432 g/mol. The molecule has 1 unspecified atom stereocenters. The first-order valence-electron chi connectivity index (χ1n) is 11.4. The van der Waals surface area contributed by atoms with Crippen LogP contribution in [-0.2, 0) is 13.1 Å². The SMILES string of the molecule is CCNC(=NCc1cccc(Cn2ccnc2C)c1)N1CCC(c2ccc(OC)cc2)C1. The van der Waals surface area contributed by atoms with Crippen molar-refractivity contribution >= 4 is 5.96 Å². The first kappa shape index (κ1) is 21.9. The molecule has 168 valence electrons. The van der Waals surface area contributed by atoms with Crippen LogP contribution in [0.15, 0.2) is 65.9 Å². The van der Waals surface area contributed by atoms with E-state index in [2.05, 4.69) is 75.2 Å². The second-order valence-electron chi connectivity index (χ2n) is 8.30. The molecule has 1 aliphatic rings. The van der Waals surface area contributed by atoms with Gasteiger partial charge in [0.1, 0.15) is 11.6 Å². The molecular weight excluding hydrogens is 398 g/mol. The fraction of sp³-hybridized carbons (Fsp3) is 0.385. The van der Waals surface area contributed by atoms with Crippen LogP contribution in [0.3, 0.4) is 0 Å². The molecule has 1 atom stereocenters. The van der Waals surface area contributed by atoms with Crippen LogP contribution in [0, 0.1) is 6.92 Å². The zero-order valence-corrected chi connectivity index (χ0v) is 19.3. The summed E-state index contributed by atoms with van der Waals surface area (Å²) in [7, 11) is 1.71. The third-order valence-electron chi connectivity index (χ3n) is 6.09. The number of likely N-dealkylation sites (tertiary alicyclic amines) is 1. The Kier molecular flexibility index (Phi) is 7.10. The van der Waals surface area contributed by atoms with E-state index in [0.29, 0.717) is 12.5 Å². The van der Waals surface area contributed by atoms with Gasteiger partial charge < -0.3 is 19.5 Å². The van der Waals surface area contributed by atoms with E-state index in [-0.39, 0.29) is 0 Å².